The van der Waals surface area contributed by atoms with E-state index in [4.69, 9.17) is 27.9 Å². The number of alkyl carbamates (subject to hydrolysis) is 1. The van der Waals surface area contributed by atoms with Crippen LogP contribution < -0.4 is 10.6 Å². The van der Waals surface area contributed by atoms with Crippen molar-refractivity contribution < 1.29 is 9.53 Å². The van der Waals surface area contributed by atoms with E-state index in [1.54, 1.807) is 0 Å². The van der Waals surface area contributed by atoms with Crippen molar-refractivity contribution in [3.05, 3.63) is 43.8 Å². The lowest BCUT2D eigenvalue weighted by molar-refractivity contribution is 0.0528. The zero-order valence-corrected chi connectivity index (χ0v) is 18.2. The molecule has 1 aromatic heterocycles. The maximum Gasteiger partial charge on any atom is 0.407 e. The number of benzene rings is 1. The summed E-state index contributed by atoms with van der Waals surface area (Å²) in [7, 11) is 0. The number of amides is 1. The first-order valence-electron chi connectivity index (χ1n) is 7.84. The molecular weight excluding hydrogens is 490 g/mol. The number of hydrogen-bond donors (Lipinski definition) is 2. The summed E-state index contributed by atoms with van der Waals surface area (Å²) >= 11 is 14.1. The highest BCUT2D eigenvalue weighted by Crippen LogP contribution is 2.26. The molecule has 0 atom stereocenters. The summed E-state index contributed by atoms with van der Waals surface area (Å²) in [5, 5.41) is 6.38. The smallest absolute Gasteiger partial charge is 0.407 e. The van der Waals surface area contributed by atoms with E-state index >= 15 is 0 Å². The van der Waals surface area contributed by atoms with E-state index < -0.39 is 11.7 Å². The molecule has 26 heavy (non-hydrogen) atoms. The van der Waals surface area contributed by atoms with Gasteiger partial charge in [-0.15, -0.1) is 0 Å². The molecule has 0 spiro atoms. The quantitative estimate of drug-likeness (QED) is 0.429. The Kier molecular flexibility index (Phi) is 7.31. The van der Waals surface area contributed by atoms with E-state index in [0.29, 0.717) is 23.8 Å². The highest BCUT2D eigenvalue weighted by Gasteiger charge is 2.15. The minimum atomic E-state index is -0.503. The van der Waals surface area contributed by atoms with Gasteiger partial charge >= 0.3 is 6.09 Å². The van der Waals surface area contributed by atoms with Crippen molar-refractivity contribution in [2.75, 3.05) is 11.9 Å². The number of halogens is 3. The minimum Gasteiger partial charge on any atom is -0.444 e. The average molecular weight is 509 g/mol. The molecule has 0 aliphatic carbocycles. The molecule has 1 heterocycles. The van der Waals surface area contributed by atoms with Gasteiger partial charge in [0.25, 0.3) is 0 Å². The second-order valence-electron chi connectivity index (χ2n) is 6.45. The monoisotopic (exact) mass is 508 g/mol. The first kappa shape index (κ1) is 21.0. The second kappa shape index (κ2) is 9.05. The van der Waals surface area contributed by atoms with E-state index in [1.165, 1.54) is 6.20 Å². The maximum absolute atomic E-state index is 11.7. The van der Waals surface area contributed by atoms with Crippen molar-refractivity contribution >= 4 is 63.4 Å². The lowest BCUT2D eigenvalue weighted by Gasteiger charge is -2.19. The van der Waals surface area contributed by atoms with Gasteiger partial charge in [0, 0.05) is 15.8 Å². The van der Waals surface area contributed by atoms with E-state index in [0.717, 1.165) is 14.8 Å². The zero-order chi connectivity index (χ0) is 19.3. The van der Waals surface area contributed by atoms with Crippen molar-refractivity contribution in [2.24, 2.45) is 0 Å². The van der Waals surface area contributed by atoms with E-state index in [-0.39, 0.29) is 5.28 Å². The molecule has 1 aromatic carbocycles. The lowest BCUT2D eigenvalue weighted by atomic mass is 10.1. The molecule has 140 valence electrons. The van der Waals surface area contributed by atoms with Gasteiger partial charge in [0.1, 0.15) is 10.6 Å². The summed E-state index contributed by atoms with van der Waals surface area (Å²) < 4.78 is 6.27. The SMILES string of the molecule is CC(C)(C)OC(=O)NCCc1ccc(Nc2nc(Cl)ncc2Cl)cc1I. The molecule has 1 amide bonds. The molecule has 0 aliphatic rings. The number of nitrogens with zero attached hydrogens (tertiary/aromatic N) is 2. The molecule has 0 fully saturated rings. The van der Waals surface area contributed by atoms with Crippen LogP contribution in [0.15, 0.2) is 24.4 Å². The number of aromatic nitrogens is 2. The van der Waals surface area contributed by atoms with Gasteiger partial charge in [0.2, 0.25) is 5.28 Å². The molecular formula is C17H19Cl2IN4O2. The average Bonchev–Trinajstić information content (AvgIpc) is 2.51. The Hall–Kier alpha value is -1.32. The zero-order valence-electron chi connectivity index (χ0n) is 14.6. The van der Waals surface area contributed by atoms with Crippen LogP contribution in [-0.4, -0.2) is 28.2 Å². The Morgan fingerprint density at radius 1 is 1.31 bits per heavy atom. The predicted molar refractivity (Wildman–Crippen MR) is 112 cm³/mol. The number of carbonyl (C=O) groups excluding carboxylic acids is 1. The molecule has 0 unspecified atom stereocenters. The van der Waals surface area contributed by atoms with Crippen LogP contribution in [0, 0.1) is 3.57 Å². The number of rotatable bonds is 5. The van der Waals surface area contributed by atoms with Crippen molar-refractivity contribution in [1.82, 2.24) is 15.3 Å². The van der Waals surface area contributed by atoms with Crippen LogP contribution in [0.5, 0.6) is 0 Å². The summed E-state index contributed by atoms with van der Waals surface area (Å²) in [4.78, 5) is 19.6. The van der Waals surface area contributed by atoms with E-state index in [9.17, 15) is 4.79 Å². The summed E-state index contributed by atoms with van der Waals surface area (Å²) in [6, 6.07) is 5.87. The number of ether oxygens (including phenoxy) is 1. The maximum atomic E-state index is 11.7. The summed E-state index contributed by atoms with van der Waals surface area (Å²) in [5.41, 5.74) is 1.44. The fourth-order valence-corrected chi connectivity index (χ4v) is 3.07. The third kappa shape index (κ3) is 6.77. The van der Waals surface area contributed by atoms with Gasteiger partial charge in [0.05, 0.1) is 6.20 Å². The van der Waals surface area contributed by atoms with Gasteiger partial charge in [-0.1, -0.05) is 17.7 Å². The van der Waals surface area contributed by atoms with Crippen LogP contribution in [0.2, 0.25) is 10.3 Å². The topological polar surface area (TPSA) is 76.1 Å². The summed E-state index contributed by atoms with van der Waals surface area (Å²) in [6.07, 6.45) is 1.72. The molecule has 6 nitrogen and oxygen atoms in total. The van der Waals surface area contributed by atoms with Crippen molar-refractivity contribution in [3.8, 4) is 0 Å². The third-order valence-corrected chi connectivity index (χ3v) is 4.56. The summed E-state index contributed by atoms with van der Waals surface area (Å²) in [5.74, 6) is 0.446. The number of nitrogens with one attached hydrogen (secondary N) is 2. The Bertz CT molecular complexity index is 797. The molecule has 2 rings (SSSR count). The number of hydrogen-bond acceptors (Lipinski definition) is 5. The predicted octanol–water partition coefficient (Wildman–Crippen LogP) is 5.20. The van der Waals surface area contributed by atoms with Crippen molar-refractivity contribution in [3.63, 3.8) is 0 Å². The van der Waals surface area contributed by atoms with Gasteiger partial charge in [-0.2, -0.15) is 4.98 Å². The first-order valence-corrected chi connectivity index (χ1v) is 9.68. The Labute approximate surface area is 176 Å². The molecule has 9 heteroatoms. The van der Waals surface area contributed by atoms with E-state index in [1.807, 2.05) is 39.0 Å². The highest BCUT2D eigenvalue weighted by molar-refractivity contribution is 14.1. The van der Waals surface area contributed by atoms with Crippen LogP contribution in [0.1, 0.15) is 26.3 Å². The fraction of sp³-hybridized carbons (Fsp3) is 0.353. The normalized spacial score (nSPS) is 11.2. The second-order valence-corrected chi connectivity index (χ2v) is 8.35. The Morgan fingerprint density at radius 2 is 2.04 bits per heavy atom. The number of carbonyl (C=O) groups is 1. The molecule has 2 aromatic rings. The lowest BCUT2D eigenvalue weighted by Crippen LogP contribution is -2.33. The molecule has 0 saturated carbocycles. The highest BCUT2D eigenvalue weighted by atomic mass is 127. The van der Waals surface area contributed by atoms with Crippen LogP contribution in [0.3, 0.4) is 0 Å². The molecule has 0 aliphatic heterocycles. The van der Waals surface area contributed by atoms with Crippen molar-refractivity contribution in [1.29, 1.82) is 0 Å². The largest absolute Gasteiger partial charge is 0.444 e. The Morgan fingerprint density at radius 3 is 2.69 bits per heavy atom. The van der Waals surface area contributed by atoms with Crippen LogP contribution >= 0.6 is 45.8 Å². The third-order valence-electron chi connectivity index (χ3n) is 3.09. The molecule has 0 radical (unpaired) electrons. The standard InChI is InChI=1S/C17H19Cl2IN4O2/c1-17(2,3)26-16(25)21-7-6-10-4-5-11(8-13(10)20)23-14-12(18)9-22-15(19)24-14/h4-5,8-9H,6-7H2,1-3H3,(H,21,25)(H,22,23,24). The van der Waals surface area contributed by atoms with Crippen LogP contribution in [0.25, 0.3) is 0 Å². The molecule has 0 bridgehead atoms. The van der Waals surface area contributed by atoms with Crippen LogP contribution in [-0.2, 0) is 11.2 Å². The van der Waals surface area contributed by atoms with Crippen LogP contribution in [0.4, 0.5) is 16.3 Å². The Balaban J connectivity index is 1.95. The van der Waals surface area contributed by atoms with Crippen molar-refractivity contribution in [2.45, 2.75) is 32.8 Å². The first-order chi connectivity index (χ1) is 12.1. The van der Waals surface area contributed by atoms with Gasteiger partial charge in [-0.05, 0) is 79.1 Å². The van der Waals surface area contributed by atoms with Gasteiger partial charge < -0.3 is 15.4 Å². The molecule has 0 saturated heterocycles. The van der Waals surface area contributed by atoms with E-state index in [2.05, 4.69) is 43.2 Å². The number of anilines is 2. The van der Waals surface area contributed by atoms with Gasteiger partial charge in [0.15, 0.2) is 5.82 Å². The summed E-state index contributed by atoms with van der Waals surface area (Å²) in [6.45, 7) is 5.99. The van der Waals surface area contributed by atoms with Gasteiger partial charge in [-0.25, -0.2) is 9.78 Å². The fourth-order valence-electron chi connectivity index (χ4n) is 2.01. The molecule has 2 N–H and O–H groups in total. The minimum absolute atomic E-state index is 0.122. The van der Waals surface area contributed by atoms with Gasteiger partial charge in [-0.3, -0.25) is 0 Å².